The van der Waals surface area contributed by atoms with Crippen molar-refractivity contribution in [2.24, 2.45) is 0 Å². The molecule has 1 fully saturated rings. The molecule has 0 aliphatic heterocycles. The molecule has 2 heterocycles. The maximum Gasteiger partial charge on any atom is 0.244 e. The predicted octanol–water partition coefficient (Wildman–Crippen LogP) is 2.58. The maximum absolute atomic E-state index is 4.43. The number of nitrogens with one attached hydrogen (secondary N) is 3. The summed E-state index contributed by atoms with van der Waals surface area (Å²) < 4.78 is 0. The molecule has 112 valence electrons. The minimum absolute atomic E-state index is 0.531. The van der Waals surface area contributed by atoms with E-state index in [1.54, 1.807) is 6.20 Å². The van der Waals surface area contributed by atoms with Crippen LogP contribution in [0.5, 0.6) is 0 Å². The Morgan fingerprint density at radius 3 is 3.05 bits per heavy atom. The molecule has 0 saturated heterocycles. The lowest BCUT2D eigenvalue weighted by molar-refractivity contribution is 0.929. The number of fused-ring (bicyclic) bond motifs is 1. The number of benzene rings is 1. The van der Waals surface area contributed by atoms with Crippen LogP contribution in [0, 0.1) is 0 Å². The van der Waals surface area contributed by atoms with Crippen molar-refractivity contribution < 1.29 is 0 Å². The Morgan fingerprint density at radius 2 is 2.14 bits per heavy atom. The molecule has 2 aromatic heterocycles. The van der Waals surface area contributed by atoms with Crippen LogP contribution in [-0.2, 0) is 6.42 Å². The summed E-state index contributed by atoms with van der Waals surface area (Å²) in [5.41, 5.74) is 2.48. The van der Waals surface area contributed by atoms with Gasteiger partial charge in [-0.2, -0.15) is 10.1 Å². The van der Waals surface area contributed by atoms with Crippen molar-refractivity contribution in [3.63, 3.8) is 0 Å². The molecule has 6 nitrogen and oxygen atoms in total. The van der Waals surface area contributed by atoms with Gasteiger partial charge in [0.1, 0.15) is 0 Å². The van der Waals surface area contributed by atoms with E-state index in [2.05, 4.69) is 55.2 Å². The fraction of sp³-hybridized carbons (Fsp3) is 0.312. The van der Waals surface area contributed by atoms with E-state index in [0.717, 1.165) is 18.8 Å². The summed E-state index contributed by atoms with van der Waals surface area (Å²) in [5, 5.41) is 15.8. The van der Waals surface area contributed by atoms with Crippen LogP contribution >= 0.6 is 0 Å². The number of aromatic amines is 1. The van der Waals surface area contributed by atoms with Crippen LogP contribution in [0.25, 0.3) is 10.9 Å². The fourth-order valence-corrected chi connectivity index (χ4v) is 2.52. The van der Waals surface area contributed by atoms with Crippen LogP contribution in [0.2, 0.25) is 0 Å². The molecule has 0 spiro atoms. The summed E-state index contributed by atoms with van der Waals surface area (Å²) >= 11 is 0. The zero-order valence-electron chi connectivity index (χ0n) is 12.2. The van der Waals surface area contributed by atoms with Crippen molar-refractivity contribution >= 4 is 22.7 Å². The van der Waals surface area contributed by atoms with E-state index in [-0.39, 0.29) is 0 Å². The molecule has 0 radical (unpaired) electrons. The van der Waals surface area contributed by atoms with Gasteiger partial charge in [-0.1, -0.05) is 18.2 Å². The van der Waals surface area contributed by atoms with E-state index in [1.165, 1.54) is 29.3 Å². The summed E-state index contributed by atoms with van der Waals surface area (Å²) in [7, 11) is 0. The van der Waals surface area contributed by atoms with Gasteiger partial charge in [0.15, 0.2) is 5.82 Å². The Kier molecular flexibility index (Phi) is 3.34. The largest absolute Gasteiger partial charge is 0.368 e. The van der Waals surface area contributed by atoms with Crippen molar-refractivity contribution in [1.82, 2.24) is 20.2 Å². The first-order valence-corrected chi connectivity index (χ1v) is 7.63. The second-order valence-corrected chi connectivity index (χ2v) is 5.62. The summed E-state index contributed by atoms with van der Waals surface area (Å²) in [6, 6.07) is 8.88. The molecule has 1 aromatic carbocycles. The Hall–Kier alpha value is -2.63. The summed E-state index contributed by atoms with van der Waals surface area (Å²) in [4.78, 5) is 7.73. The number of H-pyrrole nitrogens is 1. The van der Waals surface area contributed by atoms with E-state index in [4.69, 9.17) is 0 Å². The molecular weight excluding hydrogens is 276 g/mol. The van der Waals surface area contributed by atoms with Gasteiger partial charge in [0, 0.05) is 29.7 Å². The number of nitrogens with zero attached hydrogens (tertiary/aromatic N) is 3. The highest BCUT2D eigenvalue weighted by Gasteiger charge is 2.22. The van der Waals surface area contributed by atoms with Gasteiger partial charge in [0.2, 0.25) is 5.95 Å². The van der Waals surface area contributed by atoms with Gasteiger partial charge >= 0.3 is 0 Å². The molecule has 0 amide bonds. The molecule has 1 aliphatic rings. The van der Waals surface area contributed by atoms with Gasteiger partial charge < -0.3 is 15.6 Å². The number of anilines is 2. The van der Waals surface area contributed by atoms with Crippen LogP contribution in [-0.4, -0.2) is 32.8 Å². The smallest absolute Gasteiger partial charge is 0.244 e. The minimum atomic E-state index is 0.531. The van der Waals surface area contributed by atoms with E-state index in [1.807, 2.05) is 6.07 Å². The van der Waals surface area contributed by atoms with Crippen molar-refractivity contribution in [3.8, 4) is 0 Å². The molecule has 0 atom stereocenters. The van der Waals surface area contributed by atoms with E-state index in [9.17, 15) is 0 Å². The Balaban J connectivity index is 1.38. The minimum Gasteiger partial charge on any atom is -0.368 e. The molecule has 4 rings (SSSR count). The second-order valence-electron chi connectivity index (χ2n) is 5.62. The molecular formula is C16H18N6. The maximum atomic E-state index is 4.43. The van der Waals surface area contributed by atoms with Crippen LogP contribution in [0.3, 0.4) is 0 Å². The highest BCUT2D eigenvalue weighted by molar-refractivity contribution is 5.83. The lowest BCUT2D eigenvalue weighted by atomic mass is 10.1. The first kappa shape index (κ1) is 13.1. The fourth-order valence-electron chi connectivity index (χ4n) is 2.52. The lowest BCUT2D eigenvalue weighted by Gasteiger charge is -2.06. The molecule has 6 heteroatoms. The SMILES string of the molecule is c1ccc2c(CCNc3cnnc(NC4CC4)n3)c[nH]c2c1. The average molecular weight is 294 g/mol. The van der Waals surface area contributed by atoms with Crippen LogP contribution in [0.4, 0.5) is 11.8 Å². The number of para-hydroxylation sites is 1. The van der Waals surface area contributed by atoms with Crippen LogP contribution in [0.1, 0.15) is 18.4 Å². The topological polar surface area (TPSA) is 78.5 Å². The third-order valence-electron chi connectivity index (χ3n) is 3.84. The van der Waals surface area contributed by atoms with Crippen molar-refractivity contribution in [1.29, 1.82) is 0 Å². The van der Waals surface area contributed by atoms with E-state index < -0.39 is 0 Å². The van der Waals surface area contributed by atoms with Crippen LogP contribution < -0.4 is 10.6 Å². The molecule has 0 bridgehead atoms. The molecule has 1 aliphatic carbocycles. The van der Waals surface area contributed by atoms with Gasteiger partial charge in [-0.15, -0.1) is 5.10 Å². The Morgan fingerprint density at radius 1 is 1.23 bits per heavy atom. The highest BCUT2D eigenvalue weighted by atomic mass is 15.3. The first-order valence-electron chi connectivity index (χ1n) is 7.63. The zero-order chi connectivity index (χ0) is 14.8. The highest BCUT2D eigenvalue weighted by Crippen LogP contribution is 2.23. The molecule has 3 aromatic rings. The van der Waals surface area contributed by atoms with Gasteiger partial charge in [-0.3, -0.25) is 0 Å². The number of hydrogen-bond acceptors (Lipinski definition) is 5. The van der Waals surface area contributed by atoms with E-state index >= 15 is 0 Å². The lowest BCUT2D eigenvalue weighted by Crippen LogP contribution is -2.11. The Bertz CT molecular complexity index is 777. The normalized spacial score (nSPS) is 14.2. The number of hydrogen-bond donors (Lipinski definition) is 3. The zero-order valence-corrected chi connectivity index (χ0v) is 12.2. The first-order chi connectivity index (χ1) is 10.9. The second kappa shape index (κ2) is 5.63. The van der Waals surface area contributed by atoms with Gasteiger partial charge in [-0.05, 0) is 30.9 Å². The monoisotopic (exact) mass is 294 g/mol. The summed E-state index contributed by atoms with van der Waals surface area (Å²) in [6.45, 7) is 0.809. The van der Waals surface area contributed by atoms with Crippen LogP contribution in [0.15, 0.2) is 36.7 Å². The molecule has 3 N–H and O–H groups in total. The summed E-state index contributed by atoms with van der Waals surface area (Å²) in [6.07, 6.45) is 7.06. The standard InChI is InChI=1S/C16H18N6/c1-2-4-14-13(3-1)11(9-18-14)7-8-17-15-10-19-22-16(21-15)20-12-5-6-12/h1-4,9-10,12,18H,5-8H2,(H2,17,20,21,22). The van der Waals surface area contributed by atoms with Crippen molar-refractivity contribution in [2.75, 3.05) is 17.2 Å². The van der Waals surface area contributed by atoms with Crippen molar-refractivity contribution in [2.45, 2.75) is 25.3 Å². The predicted molar refractivity (Wildman–Crippen MR) is 87.0 cm³/mol. The summed E-state index contributed by atoms with van der Waals surface area (Å²) in [5.74, 6) is 1.37. The number of rotatable bonds is 6. The third kappa shape index (κ3) is 2.86. The quantitative estimate of drug-likeness (QED) is 0.651. The molecule has 22 heavy (non-hydrogen) atoms. The third-order valence-corrected chi connectivity index (χ3v) is 3.84. The Labute approximate surface area is 128 Å². The van der Waals surface area contributed by atoms with Gasteiger partial charge in [-0.25, -0.2) is 0 Å². The van der Waals surface area contributed by atoms with E-state index in [0.29, 0.717) is 12.0 Å². The van der Waals surface area contributed by atoms with Gasteiger partial charge in [0.25, 0.3) is 0 Å². The molecule has 0 unspecified atom stereocenters. The molecule has 1 saturated carbocycles. The average Bonchev–Trinajstić information content (AvgIpc) is 3.26. The van der Waals surface area contributed by atoms with Crippen molar-refractivity contribution in [3.05, 3.63) is 42.2 Å². The number of aromatic nitrogens is 4. The van der Waals surface area contributed by atoms with Gasteiger partial charge in [0.05, 0.1) is 6.20 Å².